The number of hydrogen-bond donors (Lipinski definition) is 0. The van der Waals surface area contributed by atoms with Crippen molar-refractivity contribution in [1.29, 1.82) is 10.5 Å². The lowest BCUT2D eigenvalue weighted by Crippen LogP contribution is -2.02. The Labute approximate surface area is 90.0 Å². The molecule has 0 atom stereocenters. The first kappa shape index (κ1) is 9.81. The molecule has 0 aliphatic carbocycles. The highest BCUT2D eigenvalue weighted by Crippen LogP contribution is 2.14. The van der Waals surface area contributed by atoms with Gasteiger partial charge in [-0.1, -0.05) is 0 Å². The minimum Gasteiger partial charge on any atom is -0.271 e. The quantitative estimate of drug-likeness (QED) is 0.711. The molecule has 0 saturated heterocycles. The molecular weight excluding hydrogens is 209 g/mol. The second kappa shape index (κ2) is 3.79. The highest BCUT2D eigenvalue weighted by molar-refractivity contribution is 5.41. The first-order chi connectivity index (χ1) is 7.77. The van der Waals surface area contributed by atoms with Gasteiger partial charge in [0.05, 0.1) is 0 Å². The van der Waals surface area contributed by atoms with Crippen LogP contribution in [0.1, 0.15) is 11.4 Å². The van der Waals surface area contributed by atoms with Crippen LogP contribution in [-0.2, 0) is 0 Å². The summed E-state index contributed by atoms with van der Waals surface area (Å²) >= 11 is 0. The molecule has 0 N–H and O–H groups in total. The van der Waals surface area contributed by atoms with Gasteiger partial charge in [0.2, 0.25) is 0 Å². The summed E-state index contributed by atoms with van der Waals surface area (Å²) < 4.78 is 14.5. The number of imidazole rings is 1. The van der Waals surface area contributed by atoms with Crippen LogP contribution in [0.2, 0.25) is 0 Å². The fourth-order valence-corrected chi connectivity index (χ4v) is 1.25. The van der Waals surface area contributed by atoms with Crippen LogP contribution in [0.5, 0.6) is 0 Å². The summed E-state index contributed by atoms with van der Waals surface area (Å²) in [5.41, 5.74) is -0.0762. The monoisotopic (exact) mass is 213 g/mol. The standard InChI is InChI=1S/C10H4FN5/c11-7-2-1-3-14-10(7)16-6-15-8(4-12)9(16)5-13/h1-3,6H. The molecule has 0 amide bonds. The van der Waals surface area contributed by atoms with Gasteiger partial charge in [-0.3, -0.25) is 4.57 Å². The van der Waals surface area contributed by atoms with Crippen LogP contribution in [0.4, 0.5) is 4.39 Å². The van der Waals surface area contributed by atoms with Gasteiger partial charge in [0, 0.05) is 6.20 Å². The van der Waals surface area contributed by atoms with Crippen LogP contribution >= 0.6 is 0 Å². The van der Waals surface area contributed by atoms with Crippen molar-refractivity contribution < 1.29 is 4.39 Å². The number of rotatable bonds is 1. The second-order valence-electron chi connectivity index (χ2n) is 2.84. The lowest BCUT2D eigenvalue weighted by molar-refractivity contribution is 0.609. The van der Waals surface area contributed by atoms with Gasteiger partial charge in [0.1, 0.15) is 18.5 Å². The predicted octanol–water partition coefficient (Wildman–Crippen LogP) is 1.15. The maximum Gasteiger partial charge on any atom is 0.177 e. The lowest BCUT2D eigenvalue weighted by atomic mass is 10.3. The highest BCUT2D eigenvalue weighted by Gasteiger charge is 2.14. The molecule has 5 nitrogen and oxygen atoms in total. The zero-order valence-electron chi connectivity index (χ0n) is 7.92. The number of nitriles is 2. The third kappa shape index (κ3) is 1.39. The van der Waals surface area contributed by atoms with Crippen molar-refractivity contribution in [3.63, 3.8) is 0 Å². The average Bonchev–Trinajstić information content (AvgIpc) is 2.72. The Hall–Kier alpha value is -2.73. The summed E-state index contributed by atoms with van der Waals surface area (Å²) in [5.74, 6) is -0.631. The lowest BCUT2D eigenvalue weighted by Gasteiger charge is -2.02. The van der Waals surface area contributed by atoms with E-state index in [2.05, 4.69) is 9.97 Å². The van der Waals surface area contributed by atoms with E-state index < -0.39 is 5.82 Å². The van der Waals surface area contributed by atoms with Crippen LogP contribution in [-0.4, -0.2) is 14.5 Å². The smallest absolute Gasteiger partial charge is 0.177 e. The van der Waals surface area contributed by atoms with E-state index in [0.29, 0.717) is 0 Å². The molecule has 2 rings (SSSR count). The summed E-state index contributed by atoms with van der Waals surface area (Å²) in [5, 5.41) is 17.5. The van der Waals surface area contributed by atoms with Crippen molar-refractivity contribution in [1.82, 2.24) is 14.5 Å². The molecular formula is C10H4FN5. The molecule has 0 aromatic carbocycles. The molecule has 16 heavy (non-hydrogen) atoms. The number of aromatic nitrogens is 3. The van der Waals surface area contributed by atoms with Crippen LogP contribution in [0.15, 0.2) is 24.7 Å². The molecule has 0 unspecified atom stereocenters. The molecule has 76 valence electrons. The normalized spacial score (nSPS) is 9.44. The SMILES string of the molecule is N#Cc1ncn(-c2ncccc2F)c1C#N. The van der Waals surface area contributed by atoms with Crippen LogP contribution in [0.25, 0.3) is 5.82 Å². The minimum absolute atomic E-state index is 0.0277. The Kier molecular flexibility index (Phi) is 2.33. The van der Waals surface area contributed by atoms with Crippen molar-refractivity contribution in [2.75, 3.05) is 0 Å². The van der Waals surface area contributed by atoms with Crippen molar-refractivity contribution in [3.8, 4) is 18.0 Å². The van der Waals surface area contributed by atoms with E-state index in [1.54, 1.807) is 12.1 Å². The van der Waals surface area contributed by atoms with E-state index in [1.165, 1.54) is 24.7 Å². The van der Waals surface area contributed by atoms with E-state index in [4.69, 9.17) is 10.5 Å². The zero-order chi connectivity index (χ0) is 11.5. The molecule has 0 aliphatic rings. The topological polar surface area (TPSA) is 78.3 Å². The van der Waals surface area contributed by atoms with Crippen molar-refractivity contribution >= 4 is 0 Å². The van der Waals surface area contributed by atoms with Gasteiger partial charge in [0.25, 0.3) is 0 Å². The van der Waals surface area contributed by atoms with E-state index in [0.717, 1.165) is 4.57 Å². The van der Waals surface area contributed by atoms with E-state index in [9.17, 15) is 4.39 Å². The molecule has 0 radical (unpaired) electrons. The first-order valence-electron chi connectivity index (χ1n) is 4.26. The van der Waals surface area contributed by atoms with Gasteiger partial charge in [-0.05, 0) is 12.1 Å². The molecule has 6 heteroatoms. The number of pyridine rings is 1. The summed E-state index contributed by atoms with van der Waals surface area (Å²) in [6.07, 6.45) is 2.59. The zero-order valence-corrected chi connectivity index (χ0v) is 7.92. The van der Waals surface area contributed by atoms with E-state index in [1.807, 2.05) is 0 Å². The fraction of sp³-hybridized carbons (Fsp3) is 0. The molecule has 0 spiro atoms. The van der Waals surface area contributed by atoms with E-state index in [-0.39, 0.29) is 17.2 Å². The number of nitrogens with zero attached hydrogens (tertiary/aromatic N) is 5. The molecule has 0 bridgehead atoms. The van der Waals surface area contributed by atoms with Gasteiger partial charge >= 0.3 is 0 Å². The Bertz CT molecular complexity index is 617. The van der Waals surface area contributed by atoms with Crippen LogP contribution in [0, 0.1) is 28.5 Å². The van der Waals surface area contributed by atoms with Crippen LogP contribution in [0.3, 0.4) is 0 Å². The molecule has 2 heterocycles. The summed E-state index contributed by atoms with van der Waals surface area (Å²) in [6, 6.07) is 6.20. The highest BCUT2D eigenvalue weighted by atomic mass is 19.1. The van der Waals surface area contributed by atoms with Gasteiger partial charge in [-0.25, -0.2) is 14.4 Å². The van der Waals surface area contributed by atoms with Crippen molar-refractivity contribution in [2.45, 2.75) is 0 Å². The molecule has 0 aliphatic heterocycles. The van der Waals surface area contributed by atoms with E-state index >= 15 is 0 Å². The Morgan fingerprint density at radius 1 is 1.25 bits per heavy atom. The molecule has 2 aromatic rings. The van der Waals surface area contributed by atoms with Gasteiger partial charge in [-0.2, -0.15) is 10.5 Å². The maximum atomic E-state index is 13.4. The number of halogens is 1. The Morgan fingerprint density at radius 2 is 2.06 bits per heavy atom. The second-order valence-corrected chi connectivity index (χ2v) is 2.84. The third-order valence-electron chi connectivity index (χ3n) is 1.95. The molecule has 2 aromatic heterocycles. The average molecular weight is 213 g/mol. The molecule has 0 fully saturated rings. The predicted molar refractivity (Wildman–Crippen MR) is 50.7 cm³/mol. The van der Waals surface area contributed by atoms with Gasteiger partial charge in [-0.15, -0.1) is 0 Å². The Balaban J connectivity index is 2.68. The molecule has 0 saturated carbocycles. The Morgan fingerprint density at radius 3 is 2.69 bits per heavy atom. The van der Waals surface area contributed by atoms with Gasteiger partial charge in [0.15, 0.2) is 23.0 Å². The largest absolute Gasteiger partial charge is 0.271 e. The minimum atomic E-state index is -0.583. The third-order valence-corrected chi connectivity index (χ3v) is 1.95. The summed E-state index contributed by atoms with van der Waals surface area (Å²) in [4.78, 5) is 7.49. The number of hydrogen-bond acceptors (Lipinski definition) is 4. The first-order valence-corrected chi connectivity index (χ1v) is 4.26. The van der Waals surface area contributed by atoms with Crippen molar-refractivity contribution in [2.24, 2.45) is 0 Å². The van der Waals surface area contributed by atoms with Crippen molar-refractivity contribution in [3.05, 3.63) is 41.9 Å². The summed E-state index contributed by atoms with van der Waals surface area (Å²) in [6.45, 7) is 0. The fourth-order valence-electron chi connectivity index (χ4n) is 1.25. The van der Waals surface area contributed by atoms with Gasteiger partial charge < -0.3 is 0 Å². The maximum absolute atomic E-state index is 13.4. The summed E-state index contributed by atoms with van der Waals surface area (Å²) in [7, 11) is 0. The van der Waals surface area contributed by atoms with Crippen LogP contribution < -0.4 is 0 Å².